The summed E-state index contributed by atoms with van der Waals surface area (Å²) in [4.78, 5) is 0.301. The van der Waals surface area contributed by atoms with Gasteiger partial charge < -0.3 is 24.1 Å². The first-order chi connectivity index (χ1) is 28.3. The summed E-state index contributed by atoms with van der Waals surface area (Å²) in [5.74, 6) is 3.78. The fourth-order valence-corrected chi connectivity index (χ4v) is 8.05. The summed E-state index contributed by atoms with van der Waals surface area (Å²) in [7, 11) is -2.14. The second-order valence-corrected chi connectivity index (χ2v) is 17.0. The summed E-state index contributed by atoms with van der Waals surface area (Å²) in [5, 5.41) is 19.4. The first kappa shape index (κ1) is 40.2. The second-order valence-electron chi connectivity index (χ2n) is 15.1. The molecule has 7 rings (SSSR count). The van der Waals surface area contributed by atoms with E-state index in [0.717, 1.165) is 28.0 Å². The Labute approximate surface area is 345 Å². The Morgan fingerprint density at radius 1 is 0.475 bits per heavy atom. The number of rotatable bonds is 13. The smallest absolute Gasteiger partial charge is 0.206 e. The van der Waals surface area contributed by atoms with Crippen molar-refractivity contribution in [2.45, 2.75) is 48.3 Å². The maximum absolute atomic E-state index is 13.5. The van der Waals surface area contributed by atoms with E-state index in [-0.39, 0.29) is 37.7 Å². The number of nitrogens with zero attached hydrogens (tertiary/aromatic N) is 1. The molecule has 0 radical (unpaired) electrons. The summed E-state index contributed by atoms with van der Waals surface area (Å²) in [6.45, 7) is 8.57. The van der Waals surface area contributed by atoms with Crippen LogP contribution in [0.4, 0.5) is 0 Å². The van der Waals surface area contributed by atoms with E-state index in [1.54, 1.807) is 55.6 Å². The van der Waals surface area contributed by atoms with Crippen molar-refractivity contribution in [3.8, 4) is 52.1 Å². The summed E-state index contributed by atoms with van der Waals surface area (Å²) in [6, 6.07) is 50.8. The van der Waals surface area contributed by atoms with Crippen LogP contribution >= 0.6 is 0 Å². The van der Waals surface area contributed by atoms with Gasteiger partial charge in [0.1, 0.15) is 57.6 Å². The number of benzene rings is 7. The number of ether oxygens (including phenoxy) is 4. The Morgan fingerprint density at radius 3 is 1.14 bits per heavy atom. The zero-order valence-electron chi connectivity index (χ0n) is 33.3. The minimum Gasteiger partial charge on any atom is -0.506 e. The molecule has 0 unspecified atom stereocenters. The van der Waals surface area contributed by atoms with Gasteiger partial charge in [-0.25, -0.2) is 8.42 Å². The van der Waals surface area contributed by atoms with Gasteiger partial charge in [-0.3, -0.25) is 0 Å². The van der Waals surface area contributed by atoms with Crippen molar-refractivity contribution in [1.82, 2.24) is 0 Å². The van der Waals surface area contributed by atoms with Gasteiger partial charge in [0.2, 0.25) is 9.84 Å². The largest absolute Gasteiger partial charge is 0.506 e. The predicted octanol–water partition coefficient (Wildman–Crippen LogP) is 12.1. The molecule has 0 aliphatic rings. The molecule has 1 N–H and O–H groups in total. The van der Waals surface area contributed by atoms with Crippen molar-refractivity contribution in [3.63, 3.8) is 0 Å². The highest BCUT2D eigenvalue weighted by molar-refractivity contribution is 7.91. The van der Waals surface area contributed by atoms with Crippen LogP contribution in [0.3, 0.4) is 0 Å². The van der Waals surface area contributed by atoms with Crippen LogP contribution in [0.5, 0.6) is 46.0 Å². The Balaban J connectivity index is 0.954. The van der Waals surface area contributed by atoms with E-state index in [1.807, 2.05) is 91.0 Å². The number of hydrogen-bond donors (Lipinski definition) is 1. The quantitative estimate of drug-likeness (QED) is 0.123. The SMILES string of the molecule is COc1ccc(C(C)(C)c2ccc(Oc3ccc(S(=O)(=O)c4ccc(Oc5ccc(C(C)(C)c6ccc(Oc7cccc(O)c7C#N)cc6)cc5)cc4)cc3)cc2)cc1. The van der Waals surface area contributed by atoms with Crippen LogP contribution in [0.2, 0.25) is 0 Å². The van der Waals surface area contributed by atoms with E-state index >= 15 is 0 Å². The van der Waals surface area contributed by atoms with Crippen molar-refractivity contribution < 1.29 is 32.5 Å². The molecule has 0 heterocycles. The van der Waals surface area contributed by atoms with Gasteiger partial charge >= 0.3 is 0 Å². The van der Waals surface area contributed by atoms with Crippen molar-refractivity contribution in [3.05, 3.63) is 192 Å². The lowest BCUT2D eigenvalue weighted by molar-refractivity contribution is 0.414. The molecule has 0 atom stereocenters. The highest BCUT2D eigenvalue weighted by Gasteiger charge is 2.25. The lowest BCUT2D eigenvalue weighted by atomic mass is 9.78. The highest BCUT2D eigenvalue weighted by Crippen LogP contribution is 2.37. The standard InChI is InChI=1S/C50H43NO7S/c1-49(2,34-9-17-38(55-5)18-10-34)35-11-19-39(20-12-35)56-41-25-29-44(30-26-41)59(53,54)45-31-27-42(28-32-45)57-40-21-13-36(14-22-40)50(3,4)37-15-23-43(24-16-37)58-48-8-6-7-47(52)46(48)33-51/h6-32,52H,1-5H3. The minimum absolute atomic E-state index is 0.0817. The lowest BCUT2D eigenvalue weighted by Gasteiger charge is -2.26. The average molecular weight is 802 g/mol. The van der Waals surface area contributed by atoms with Gasteiger partial charge in [0, 0.05) is 10.8 Å². The maximum atomic E-state index is 13.5. The molecule has 296 valence electrons. The molecule has 0 spiro atoms. The summed E-state index contributed by atoms with van der Waals surface area (Å²) < 4.78 is 50.4. The van der Waals surface area contributed by atoms with Gasteiger partial charge in [-0.1, -0.05) is 82.3 Å². The molecule has 0 fully saturated rings. The summed E-state index contributed by atoms with van der Waals surface area (Å²) in [5.41, 5.74) is 3.88. The molecule has 9 heteroatoms. The van der Waals surface area contributed by atoms with Crippen molar-refractivity contribution >= 4 is 9.84 Å². The molecule has 0 saturated carbocycles. The number of nitriles is 1. The zero-order valence-corrected chi connectivity index (χ0v) is 34.2. The second kappa shape index (κ2) is 16.5. The molecule has 0 amide bonds. The topological polar surface area (TPSA) is 115 Å². The number of aromatic hydroxyl groups is 1. The fourth-order valence-electron chi connectivity index (χ4n) is 6.79. The number of hydrogen-bond acceptors (Lipinski definition) is 8. The van der Waals surface area contributed by atoms with E-state index in [2.05, 4.69) is 39.8 Å². The van der Waals surface area contributed by atoms with Gasteiger partial charge in [-0.2, -0.15) is 5.26 Å². The summed E-state index contributed by atoms with van der Waals surface area (Å²) in [6.07, 6.45) is 0. The molecular formula is C50H43NO7S. The molecular weight excluding hydrogens is 759 g/mol. The van der Waals surface area contributed by atoms with E-state index in [1.165, 1.54) is 18.2 Å². The van der Waals surface area contributed by atoms with Crippen molar-refractivity contribution in [2.24, 2.45) is 0 Å². The number of sulfone groups is 1. The van der Waals surface area contributed by atoms with Gasteiger partial charge in [0.05, 0.1) is 16.9 Å². The lowest BCUT2D eigenvalue weighted by Crippen LogP contribution is -2.18. The number of phenols is 1. The van der Waals surface area contributed by atoms with Crippen molar-refractivity contribution in [1.29, 1.82) is 5.26 Å². The molecule has 59 heavy (non-hydrogen) atoms. The Hall–Kier alpha value is -7.02. The highest BCUT2D eigenvalue weighted by atomic mass is 32.2. The van der Waals surface area contributed by atoms with Crippen LogP contribution in [0.1, 0.15) is 55.5 Å². The van der Waals surface area contributed by atoms with Crippen LogP contribution in [-0.2, 0) is 20.7 Å². The molecule has 8 nitrogen and oxygen atoms in total. The average Bonchev–Trinajstić information content (AvgIpc) is 3.25. The van der Waals surface area contributed by atoms with E-state index in [0.29, 0.717) is 28.7 Å². The van der Waals surface area contributed by atoms with Crippen LogP contribution < -0.4 is 18.9 Å². The normalized spacial score (nSPS) is 11.7. The third kappa shape index (κ3) is 8.64. The molecule has 0 aliphatic heterocycles. The fraction of sp³-hybridized carbons (Fsp3) is 0.140. The molecule has 0 saturated heterocycles. The Kier molecular flexibility index (Phi) is 11.2. The first-order valence-corrected chi connectivity index (χ1v) is 20.4. The number of phenolic OH excluding ortho intramolecular Hbond substituents is 1. The van der Waals surface area contributed by atoms with Gasteiger partial charge in [-0.15, -0.1) is 0 Å². The van der Waals surface area contributed by atoms with Crippen LogP contribution in [0, 0.1) is 11.3 Å². The van der Waals surface area contributed by atoms with Gasteiger partial charge in [-0.05, 0) is 131 Å². The minimum atomic E-state index is -3.79. The zero-order chi connectivity index (χ0) is 41.8. The maximum Gasteiger partial charge on any atom is 0.206 e. The van der Waals surface area contributed by atoms with Gasteiger partial charge in [0.15, 0.2) is 0 Å². The third-order valence-electron chi connectivity index (χ3n) is 10.6. The molecule has 0 aliphatic carbocycles. The monoisotopic (exact) mass is 801 g/mol. The number of methoxy groups -OCH3 is 1. The van der Waals surface area contributed by atoms with E-state index in [4.69, 9.17) is 18.9 Å². The van der Waals surface area contributed by atoms with Crippen LogP contribution in [0.15, 0.2) is 174 Å². The first-order valence-electron chi connectivity index (χ1n) is 18.9. The van der Waals surface area contributed by atoms with Crippen LogP contribution in [0.25, 0.3) is 0 Å². The van der Waals surface area contributed by atoms with Crippen LogP contribution in [-0.4, -0.2) is 20.6 Å². The van der Waals surface area contributed by atoms with E-state index < -0.39 is 9.84 Å². The summed E-state index contributed by atoms with van der Waals surface area (Å²) >= 11 is 0. The molecule has 7 aromatic carbocycles. The predicted molar refractivity (Wildman–Crippen MR) is 228 cm³/mol. The Morgan fingerprint density at radius 2 is 0.797 bits per heavy atom. The van der Waals surface area contributed by atoms with E-state index in [9.17, 15) is 18.8 Å². The van der Waals surface area contributed by atoms with Crippen molar-refractivity contribution in [2.75, 3.05) is 7.11 Å². The Bertz CT molecular complexity index is 2700. The third-order valence-corrected chi connectivity index (χ3v) is 12.4. The molecule has 7 aromatic rings. The molecule has 0 aromatic heterocycles. The van der Waals surface area contributed by atoms with Gasteiger partial charge in [0.25, 0.3) is 0 Å². The molecule has 0 bridgehead atoms.